The maximum absolute atomic E-state index is 12.4. The maximum atomic E-state index is 12.4. The first kappa shape index (κ1) is 33.2. The van der Waals surface area contributed by atoms with Gasteiger partial charge in [0.1, 0.15) is 11.2 Å². The summed E-state index contributed by atoms with van der Waals surface area (Å²) in [6, 6.07) is 7.62. The highest BCUT2D eigenvalue weighted by molar-refractivity contribution is 5.95. The lowest BCUT2D eigenvalue weighted by atomic mass is 10.1. The Hall–Kier alpha value is -4.03. The first-order valence-electron chi connectivity index (χ1n) is 12.9. The average Bonchev–Trinajstić information content (AvgIpc) is 3.34. The monoisotopic (exact) mass is 588 g/mol. The SMILES string of the molecule is Cc1cc2c(N)n[nH]c2cc1CN.Cc1cc2c(N)nn(C(=O)OC(C)(C)C)c2cc1CNC(=O)OC(C)(C)C.Cl. The molecule has 2 heterocycles. The molecule has 13 heteroatoms. The number of amides is 1. The fourth-order valence-electron chi connectivity index (χ4n) is 3.91. The molecular formula is C28H41ClN8O4. The summed E-state index contributed by atoms with van der Waals surface area (Å²) in [7, 11) is 0. The van der Waals surface area contributed by atoms with Crippen molar-refractivity contribution < 1.29 is 19.1 Å². The zero-order valence-corrected chi connectivity index (χ0v) is 25.7. The van der Waals surface area contributed by atoms with E-state index in [0.29, 0.717) is 23.3 Å². The Labute approximate surface area is 245 Å². The number of benzene rings is 2. The average molecular weight is 589 g/mol. The molecule has 0 saturated heterocycles. The molecule has 0 spiro atoms. The van der Waals surface area contributed by atoms with Crippen LogP contribution in [0.5, 0.6) is 0 Å². The third-order valence-electron chi connectivity index (χ3n) is 5.82. The number of hydrogen-bond acceptors (Lipinski definition) is 9. The quantitative estimate of drug-likeness (QED) is 0.217. The van der Waals surface area contributed by atoms with Crippen LogP contribution in [0, 0.1) is 13.8 Å². The van der Waals surface area contributed by atoms with Crippen molar-refractivity contribution in [2.75, 3.05) is 11.5 Å². The molecule has 0 saturated carbocycles. The van der Waals surface area contributed by atoms with Gasteiger partial charge in [0.05, 0.1) is 11.0 Å². The number of nitrogens with two attached hydrogens (primary N) is 3. The predicted octanol–water partition coefficient (Wildman–Crippen LogP) is 5.07. The van der Waals surface area contributed by atoms with Crippen molar-refractivity contribution in [3.63, 3.8) is 0 Å². The highest BCUT2D eigenvalue weighted by Crippen LogP contribution is 2.26. The Bertz CT molecular complexity index is 1550. The van der Waals surface area contributed by atoms with Crippen LogP contribution in [0.3, 0.4) is 0 Å². The molecule has 0 atom stereocenters. The summed E-state index contributed by atoms with van der Waals surface area (Å²) in [6.07, 6.45) is -1.12. The maximum Gasteiger partial charge on any atom is 0.435 e. The summed E-state index contributed by atoms with van der Waals surface area (Å²) >= 11 is 0. The van der Waals surface area contributed by atoms with Crippen molar-refractivity contribution >= 4 is 58.0 Å². The molecule has 12 nitrogen and oxygen atoms in total. The van der Waals surface area contributed by atoms with Crippen LogP contribution >= 0.6 is 12.4 Å². The topological polar surface area (TPSA) is 189 Å². The van der Waals surface area contributed by atoms with Gasteiger partial charge >= 0.3 is 12.2 Å². The Kier molecular flexibility index (Phi) is 10.2. The lowest BCUT2D eigenvalue weighted by Crippen LogP contribution is -2.32. The molecule has 8 N–H and O–H groups in total. The number of halogens is 1. The molecule has 0 unspecified atom stereocenters. The Morgan fingerprint density at radius 2 is 1.49 bits per heavy atom. The van der Waals surface area contributed by atoms with E-state index in [4.69, 9.17) is 26.7 Å². The molecule has 0 bridgehead atoms. The van der Waals surface area contributed by atoms with E-state index in [-0.39, 0.29) is 24.8 Å². The molecule has 0 fully saturated rings. The zero-order valence-electron chi connectivity index (χ0n) is 24.8. The third kappa shape index (κ3) is 8.48. The van der Waals surface area contributed by atoms with E-state index in [0.717, 1.165) is 37.8 Å². The number of hydrogen-bond donors (Lipinski definition) is 5. The number of carbonyl (C=O) groups is 2. The van der Waals surface area contributed by atoms with E-state index >= 15 is 0 Å². The van der Waals surface area contributed by atoms with Gasteiger partial charge in [-0.25, -0.2) is 9.59 Å². The standard InChI is InChI=1S/C19H28N4O4.C9H12N4.ClH/c1-11-8-13-14(9-12(11)10-21-16(24)26-18(2,3)4)23(22-15(13)20)17(25)27-19(5,6)7;1-5-2-7-8(3-6(5)4-10)12-13-9(7)11;/h8-9H,10H2,1-7H3,(H2,20,22)(H,21,24);2-3H,4,10H2,1H3,(H3,11,12,13);1H. The van der Waals surface area contributed by atoms with Gasteiger partial charge in [-0.1, -0.05) is 0 Å². The molecule has 4 aromatic rings. The molecule has 0 aliphatic heterocycles. The molecule has 41 heavy (non-hydrogen) atoms. The number of carbonyl (C=O) groups excluding carboxylic acids is 2. The van der Waals surface area contributed by atoms with Crippen LogP contribution in [0.2, 0.25) is 0 Å². The number of ether oxygens (including phenoxy) is 2. The second kappa shape index (κ2) is 12.6. The van der Waals surface area contributed by atoms with E-state index in [1.807, 2.05) is 32.0 Å². The molecule has 2 aromatic carbocycles. The number of H-pyrrole nitrogens is 1. The Morgan fingerprint density at radius 1 is 0.902 bits per heavy atom. The van der Waals surface area contributed by atoms with Crippen LogP contribution in [0.25, 0.3) is 21.8 Å². The molecular weight excluding hydrogens is 548 g/mol. The van der Waals surface area contributed by atoms with Crippen LogP contribution in [0.1, 0.15) is 63.8 Å². The number of fused-ring (bicyclic) bond motifs is 2. The number of rotatable bonds is 3. The van der Waals surface area contributed by atoms with E-state index in [1.54, 1.807) is 47.6 Å². The number of nitrogens with zero attached hydrogens (tertiary/aromatic N) is 3. The van der Waals surface area contributed by atoms with Crippen molar-refractivity contribution in [2.45, 2.75) is 79.7 Å². The van der Waals surface area contributed by atoms with Gasteiger partial charge in [0.15, 0.2) is 11.6 Å². The predicted molar refractivity (Wildman–Crippen MR) is 164 cm³/mol. The fraction of sp³-hybridized carbons (Fsp3) is 0.429. The van der Waals surface area contributed by atoms with Crippen molar-refractivity contribution in [3.8, 4) is 0 Å². The normalized spacial score (nSPS) is 11.4. The molecule has 0 radical (unpaired) electrons. The summed E-state index contributed by atoms with van der Waals surface area (Å²) < 4.78 is 11.8. The number of nitrogen functional groups attached to an aromatic ring is 2. The van der Waals surface area contributed by atoms with Gasteiger partial charge in [0.25, 0.3) is 0 Å². The van der Waals surface area contributed by atoms with Gasteiger partial charge < -0.3 is 32.0 Å². The summed E-state index contributed by atoms with van der Waals surface area (Å²) in [4.78, 5) is 24.3. The number of aryl methyl sites for hydroxylation is 2. The van der Waals surface area contributed by atoms with E-state index in [1.165, 1.54) is 0 Å². The first-order chi connectivity index (χ1) is 18.5. The van der Waals surface area contributed by atoms with Gasteiger partial charge in [0.2, 0.25) is 0 Å². The highest BCUT2D eigenvalue weighted by atomic mass is 35.5. The van der Waals surface area contributed by atoms with Crippen LogP contribution in [-0.2, 0) is 22.6 Å². The van der Waals surface area contributed by atoms with Crippen molar-refractivity contribution in [2.24, 2.45) is 5.73 Å². The smallest absolute Gasteiger partial charge is 0.435 e. The lowest BCUT2D eigenvalue weighted by molar-refractivity contribution is 0.0511. The van der Waals surface area contributed by atoms with E-state index < -0.39 is 23.4 Å². The van der Waals surface area contributed by atoms with E-state index in [2.05, 4.69) is 20.6 Å². The number of aromatic amines is 1. The third-order valence-corrected chi connectivity index (χ3v) is 5.82. The first-order valence-corrected chi connectivity index (χ1v) is 12.9. The largest absolute Gasteiger partial charge is 0.444 e. The summed E-state index contributed by atoms with van der Waals surface area (Å²) in [6.45, 7) is 15.4. The second-order valence-corrected chi connectivity index (χ2v) is 11.6. The van der Waals surface area contributed by atoms with Crippen LogP contribution in [0.4, 0.5) is 21.2 Å². The Morgan fingerprint density at radius 3 is 2.07 bits per heavy atom. The minimum atomic E-state index is -0.657. The lowest BCUT2D eigenvalue weighted by Gasteiger charge is -2.20. The van der Waals surface area contributed by atoms with Gasteiger partial charge in [-0.3, -0.25) is 5.10 Å². The Balaban J connectivity index is 0.000000350. The molecule has 0 aliphatic rings. The van der Waals surface area contributed by atoms with Gasteiger partial charge in [-0.15, -0.1) is 17.5 Å². The van der Waals surface area contributed by atoms with Crippen molar-refractivity contribution in [1.29, 1.82) is 0 Å². The molecule has 0 aliphatic carbocycles. The molecule has 224 valence electrons. The number of aromatic nitrogens is 4. The van der Waals surface area contributed by atoms with Gasteiger partial charge in [-0.2, -0.15) is 9.78 Å². The van der Waals surface area contributed by atoms with Gasteiger partial charge in [-0.05, 0) is 102 Å². The molecule has 4 rings (SSSR count). The minimum Gasteiger partial charge on any atom is -0.444 e. The van der Waals surface area contributed by atoms with Gasteiger partial charge in [0, 0.05) is 23.9 Å². The van der Waals surface area contributed by atoms with Crippen LogP contribution < -0.4 is 22.5 Å². The summed E-state index contributed by atoms with van der Waals surface area (Å²) in [5, 5.41) is 15.2. The second-order valence-electron chi connectivity index (χ2n) is 11.6. The number of alkyl carbamates (subject to hydrolysis) is 1. The van der Waals surface area contributed by atoms with E-state index in [9.17, 15) is 9.59 Å². The summed E-state index contributed by atoms with van der Waals surface area (Å²) in [5.74, 6) is 0.785. The molecule has 2 aromatic heterocycles. The highest BCUT2D eigenvalue weighted by Gasteiger charge is 2.22. The zero-order chi connectivity index (χ0) is 30.0. The van der Waals surface area contributed by atoms with Crippen molar-refractivity contribution in [3.05, 3.63) is 46.5 Å². The fourth-order valence-corrected chi connectivity index (χ4v) is 3.91. The summed E-state index contributed by atoms with van der Waals surface area (Å²) in [5.41, 5.74) is 21.4. The van der Waals surface area contributed by atoms with Crippen molar-refractivity contribution in [1.82, 2.24) is 25.3 Å². The number of anilines is 2. The molecule has 1 amide bonds. The van der Waals surface area contributed by atoms with Crippen LogP contribution in [-0.4, -0.2) is 43.4 Å². The number of nitrogens with one attached hydrogen (secondary N) is 2. The van der Waals surface area contributed by atoms with Crippen LogP contribution in [0.15, 0.2) is 24.3 Å². The minimum absolute atomic E-state index is 0.